The van der Waals surface area contributed by atoms with Crippen molar-refractivity contribution in [3.8, 4) is 23.3 Å². The zero-order valence-electron chi connectivity index (χ0n) is 20.8. The predicted octanol–water partition coefficient (Wildman–Crippen LogP) is 8.59. The molecular formula is C31H17F7N2O. The Labute approximate surface area is 230 Å². The first-order valence-electron chi connectivity index (χ1n) is 11.7. The molecule has 0 atom stereocenters. The van der Waals surface area contributed by atoms with Crippen molar-refractivity contribution in [3.05, 3.63) is 137 Å². The van der Waals surface area contributed by atoms with Crippen LogP contribution in [0.15, 0.2) is 91.5 Å². The number of hydrogen-bond acceptors (Lipinski definition) is 3. The summed E-state index contributed by atoms with van der Waals surface area (Å²) in [7, 11) is 0. The van der Waals surface area contributed by atoms with Crippen LogP contribution in [0.25, 0.3) is 17.2 Å². The number of halogens is 7. The maximum Gasteiger partial charge on any atom is 0.426 e. The highest BCUT2D eigenvalue weighted by Gasteiger charge is 2.63. The molecular weight excluding hydrogens is 549 g/mol. The fourth-order valence-electron chi connectivity index (χ4n) is 4.30. The van der Waals surface area contributed by atoms with Crippen LogP contribution in [0.2, 0.25) is 0 Å². The predicted molar refractivity (Wildman–Crippen MR) is 136 cm³/mol. The van der Waals surface area contributed by atoms with Crippen LogP contribution < -0.4 is 0 Å². The SMILES string of the molecule is C=Cc1cc(F)c(-c2ccc(C(F)(F)OC(c3ccc(C#N)cc3)(c3ccc(C#N)cc3)C(F)(F)F)cc2)c(F)c1. The van der Waals surface area contributed by atoms with Crippen LogP contribution in [0, 0.1) is 34.3 Å². The first-order chi connectivity index (χ1) is 19.4. The molecule has 0 saturated heterocycles. The third kappa shape index (κ3) is 5.43. The number of alkyl halides is 5. The van der Waals surface area contributed by atoms with Gasteiger partial charge in [-0.2, -0.15) is 32.5 Å². The number of hydrogen-bond donors (Lipinski definition) is 0. The number of nitrogens with zero attached hydrogens (tertiary/aromatic N) is 2. The average molecular weight is 566 g/mol. The lowest BCUT2D eigenvalue weighted by Crippen LogP contribution is -2.49. The van der Waals surface area contributed by atoms with Crippen molar-refractivity contribution in [2.75, 3.05) is 0 Å². The molecule has 0 aliphatic rings. The van der Waals surface area contributed by atoms with Gasteiger partial charge in [-0.3, -0.25) is 4.74 Å². The van der Waals surface area contributed by atoms with E-state index in [0.717, 1.165) is 72.8 Å². The number of nitriles is 2. The monoisotopic (exact) mass is 566 g/mol. The Balaban J connectivity index is 1.84. The lowest BCUT2D eigenvalue weighted by Gasteiger charge is -2.39. The lowest BCUT2D eigenvalue weighted by atomic mass is 9.84. The Bertz CT molecular complexity index is 1580. The van der Waals surface area contributed by atoms with Gasteiger partial charge in [0, 0.05) is 0 Å². The Kier molecular flexibility index (Phi) is 7.74. The Morgan fingerprint density at radius 3 is 1.44 bits per heavy atom. The van der Waals surface area contributed by atoms with Crippen LogP contribution in [-0.4, -0.2) is 6.18 Å². The van der Waals surface area contributed by atoms with E-state index in [1.165, 1.54) is 6.08 Å². The van der Waals surface area contributed by atoms with E-state index in [4.69, 9.17) is 15.3 Å². The van der Waals surface area contributed by atoms with Crippen molar-refractivity contribution in [2.24, 2.45) is 0 Å². The van der Waals surface area contributed by atoms with E-state index in [1.54, 1.807) is 12.1 Å². The van der Waals surface area contributed by atoms with Crippen LogP contribution in [0.1, 0.15) is 33.4 Å². The molecule has 4 aromatic rings. The molecule has 0 fully saturated rings. The topological polar surface area (TPSA) is 56.8 Å². The molecule has 4 rings (SSSR count). The maximum atomic E-state index is 15.6. The van der Waals surface area contributed by atoms with Gasteiger partial charge in [-0.05, 0) is 70.8 Å². The highest BCUT2D eigenvalue weighted by Crippen LogP contribution is 2.52. The highest BCUT2D eigenvalue weighted by atomic mass is 19.4. The van der Waals surface area contributed by atoms with Gasteiger partial charge in [0.15, 0.2) is 0 Å². The summed E-state index contributed by atoms with van der Waals surface area (Å²) in [5.74, 6) is -1.98. The molecule has 3 nitrogen and oxygen atoms in total. The van der Waals surface area contributed by atoms with Crippen LogP contribution in [0.4, 0.5) is 30.7 Å². The minimum absolute atomic E-state index is 0.0208. The van der Waals surface area contributed by atoms with E-state index < -0.39 is 51.8 Å². The van der Waals surface area contributed by atoms with E-state index in [0.29, 0.717) is 12.1 Å². The molecule has 0 saturated carbocycles. The van der Waals surface area contributed by atoms with Gasteiger partial charge in [0.2, 0.25) is 5.60 Å². The van der Waals surface area contributed by atoms with Gasteiger partial charge in [-0.25, -0.2) is 8.78 Å². The van der Waals surface area contributed by atoms with E-state index in [-0.39, 0.29) is 22.3 Å². The third-order valence-corrected chi connectivity index (χ3v) is 6.33. The maximum absolute atomic E-state index is 15.6. The van der Waals surface area contributed by atoms with Crippen LogP contribution in [0.5, 0.6) is 0 Å². The number of benzene rings is 4. The van der Waals surface area contributed by atoms with E-state index in [1.807, 2.05) is 0 Å². The summed E-state index contributed by atoms with van der Waals surface area (Å²) in [5, 5.41) is 18.1. The van der Waals surface area contributed by atoms with Crippen molar-refractivity contribution in [3.63, 3.8) is 0 Å². The summed E-state index contributed by atoms with van der Waals surface area (Å²) in [4.78, 5) is 0. The van der Waals surface area contributed by atoms with Crippen LogP contribution in [0.3, 0.4) is 0 Å². The van der Waals surface area contributed by atoms with Gasteiger partial charge in [0.1, 0.15) is 11.6 Å². The summed E-state index contributed by atoms with van der Waals surface area (Å²) in [6, 6.07) is 16.2. The molecule has 4 aromatic carbocycles. The first kappa shape index (κ1) is 29.1. The molecule has 0 radical (unpaired) electrons. The molecule has 0 unspecified atom stereocenters. The minimum Gasteiger partial charge on any atom is -0.290 e. The summed E-state index contributed by atoms with van der Waals surface area (Å²) in [6.07, 6.45) is -8.86. The van der Waals surface area contributed by atoms with Gasteiger partial charge < -0.3 is 0 Å². The number of ether oxygens (including phenoxy) is 1. The van der Waals surface area contributed by atoms with Gasteiger partial charge in [0.25, 0.3) is 0 Å². The minimum atomic E-state index is -5.47. The van der Waals surface area contributed by atoms with Crippen molar-refractivity contribution in [1.82, 2.24) is 0 Å². The summed E-state index contributed by atoms with van der Waals surface area (Å²) in [5.41, 5.74) is -6.85. The zero-order chi connectivity index (χ0) is 30.0. The van der Waals surface area contributed by atoms with Gasteiger partial charge in [-0.1, -0.05) is 49.1 Å². The zero-order valence-corrected chi connectivity index (χ0v) is 20.8. The van der Waals surface area contributed by atoms with Gasteiger partial charge in [-0.15, -0.1) is 0 Å². The largest absolute Gasteiger partial charge is 0.426 e. The molecule has 0 aliphatic heterocycles. The molecule has 0 aromatic heterocycles. The molecule has 0 amide bonds. The molecule has 0 N–H and O–H groups in total. The summed E-state index contributed by atoms with van der Waals surface area (Å²) >= 11 is 0. The van der Waals surface area contributed by atoms with Crippen molar-refractivity contribution in [2.45, 2.75) is 17.9 Å². The standard InChI is InChI=1S/C31H17F7N2O/c1-2-19-15-26(32)28(27(33)16-19)22-7-13-25(14-8-22)30(34,35)41-29(31(36,37)38,23-9-3-20(17-39)4-10-23)24-11-5-21(18-40)6-12-24/h2-16H,1H2. The smallest absolute Gasteiger partial charge is 0.290 e. The Morgan fingerprint density at radius 1 is 0.659 bits per heavy atom. The quantitative estimate of drug-likeness (QED) is 0.211. The second kappa shape index (κ2) is 10.9. The molecule has 0 heterocycles. The molecule has 0 spiro atoms. The fraction of sp³-hybridized carbons (Fsp3) is 0.0968. The highest BCUT2D eigenvalue weighted by molar-refractivity contribution is 5.67. The van der Waals surface area contributed by atoms with E-state index in [2.05, 4.69) is 6.58 Å². The van der Waals surface area contributed by atoms with Gasteiger partial charge >= 0.3 is 12.3 Å². The Hall–Kier alpha value is -4.93. The van der Waals surface area contributed by atoms with Crippen molar-refractivity contribution >= 4 is 6.08 Å². The number of rotatable bonds is 7. The summed E-state index contributed by atoms with van der Waals surface area (Å²) in [6.45, 7) is 3.42. The van der Waals surface area contributed by atoms with Crippen molar-refractivity contribution < 1.29 is 35.5 Å². The summed E-state index contributed by atoms with van der Waals surface area (Å²) < 4.78 is 110. The van der Waals surface area contributed by atoms with Crippen LogP contribution >= 0.6 is 0 Å². The van der Waals surface area contributed by atoms with E-state index in [9.17, 15) is 22.0 Å². The normalized spacial score (nSPS) is 11.9. The third-order valence-electron chi connectivity index (χ3n) is 6.33. The lowest BCUT2D eigenvalue weighted by molar-refractivity contribution is -0.370. The fourth-order valence-corrected chi connectivity index (χ4v) is 4.30. The Morgan fingerprint density at radius 2 is 1.07 bits per heavy atom. The average Bonchev–Trinajstić information content (AvgIpc) is 2.95. The second-order valence-corrected chi connectivity index (χ2v) is 8.82. The first-order valence-corrected chi connectivity index (χ1v) is 11.7. The molecule has 206 valence electrons. The molecule has 10 heteroatoms. The second-order valence-electron chi connectivity index (χ2n) is 8.82. The molecule has 41 heavy (non-hydrogen) atoms. The van der Waals surface area contributed by atoms with Crippen LogP contribution in [-0.2, 0) is 16.4 Å². The van der Waals surface area contributed by atoms with Crippen molar-refractivity contribution in [1.29, 1.82) is 10.5 Å². The molecule has 0 bridgehead atoms. The van der Waals surface area contributed by atoms with E-state index >= 15 is 8.78 Å². The van der Waals surface area contributed by atoms with Gasteiger partial charge in [0.05, 0.1) is 34.4 Å². The molecule has 0 aliphatic carbocycles.